The molecule has 22 heavy (non-hydrogen) atoms. The lowest BCUT2D eigenvalue weighted by Crippen LogP contribution is -2.47. The van der Waals surface area contributed by atoms with Gasteiger partial charge in [0.05, 0.1) is 0 Å². The molecule has 1 heterocycles. The molecule has 0 bridgehead atoms. The topological polar surface area (TPSA) is 49.4 Å². The van der Waals surface area contributed by atoms with E-state index in [1.54, 1.807) is 6.07 Å². The first-order valence-electron chi connectivity index (χ1n) is 7.90. The van der Waals surface area contributed by atoms with Gasteiger partial charge in [-0.3, -0.25) is 9.59 Å². The van der Waals surface area contributed by atoms with Crippen LogP contribution in [0.4, 0.5) is 5.69 Å². The van der Waals surface area contributed by atoms with Crippen LogP contribution >= 0.6 is 11.8 Å². The summed E-state index contributed by atoms with van der Waals surface area (Å²) >= 11 is 1.91. The second-order valence-electron chi connectivity index (χ2n) is 6.16. The van der Waals surface area contributed by atoms with Gasteiger partial charge in [0.1, 0.15) is 0 Å². The Bertz CT molecular complexity index is 586. The van der Waals surface area contributed by atoms with E-state index < -0.39 is 0 Å². The molecule has 4 nitrogen and oxygen atoms in total. The van der Waals surface area contributed by atoms with Gasteiger partial charge in [0, 0.05) is 40.8 Å². The second-order valence-corrected chi connectivity index (χ2v) is 7.64. The van der Waals surface area contributed by atoms with Gasteiger partial charge in [-0.1, -0.05) is 13.0 Å². The number of nitrogens with zero attached hydrogens (tertiary/aromatic N) is 1. The molecular weight excluding hydrogens is 296 g/mol. The Hall–Kier alpha value is -1.49. The van der Waals surface area contributed by atoms with E-state index in [0.717, 1.165) is 30.8 Å². The maximum atomic E-state index is 12.7. The predicted molar refractivity (Wildman–Crippen MR) is 90.2 cm³/mol. The number of hydrogen-bond donors (Lipinski definition) is 1. The lowest BCUT2D eigenvalue weighted by Gasteiger charge is -2.37. The van der Waals surface area contributed by atoms with Gasteiger partial charge >= 0.3 is 0 Å². The van der Waals surface area contributed by atoms with Gasteiger partial charge in [-0.25, -0.2) is 0 Å². The number of benzene rings is 1. The molecule has 1 aliphatic heterocycles. The van der Waals surface area contributed by atoms with E-state index in [2.05, 4.69) is 19.2 Å². The van der Waals surface area contributed by atoms with E-state index in [9.17, 15) is 9.59 Å². The van der Waals surface area contributed by atoms with Crippen molar-refractivity contribution in [3.63, 3.8) is 0 Å². The second kappa shape index (κ2) is 6.32. The summed E-state index contributed by atoms with van der Waals surface area (Å²) in [6, 6.07) is 7.53. The molecule has 0 aromatic heterocycles. The largest absolute Gasteiger partial charge is 0.334 e. The number of hydrogen-bond acceptors (Lipinski definition) is 3. The molecule has 2 unspecified atom stereocenters. The van der Waals surface area contributed by atoms with Gasteiger partial charge in [0.25, 0.3) is 5.91 Å². The van der Waals surface area contributed by atoms with Crippen molar-refractivity contribution in [3.8, 4) is 0 Å². The Morgan fingerprint density at radius 1 is 1.27 bits per heavy atom. The fraction of sp³-hybridized carbons (Fsp3) is 0.529. The Kier molecular flexibility index (Phi) is 4.43. The summed E-state index contributed by atoms with van der Waals surface area (Å²) in [7, 11) is 0. The monoisotopic (exact) mass is 318 g/mol. The van der Waals surface area contributed by atoms with Crippen LogP contribution in [-0.2, 0) is 4.79 Å². The average molecular weight is 318 g/mol. The highest BCUT2D eigenvalue weighted by Crippen LogP contribution is 2.30. The fourth-order valence-electron chi connectivity index (χ4n) is 2.71. The average Bonchev–Trinajstić information content (AvgIpc) is 3.34. The summed E-state index contributed by atoms with van der Waals surface area (Å²) in [6.45, 7) is 5.06. The third-order valence-corrected chi connectivity index (χ3v) is 5.81. The fourth-order valence-corrected chi connectivity index (χ4v) is 3.80. The van der Waals surface area contributed by atoms with E-state index in [1.807, 2.05) is 34.9 Å². The van der Waals surface area contributed by atoms with Crippen molar-refractivity contribution in [2.24, 2.45) is 5.92 Å². The first-order chi connectivity index (χ1) is 10.6. The molecule has 1 N–H and O–H groups in total. The van der Waals surface area contributed by atoms with E-state index in [4.69, 9.17) is 0 Å². The standard InChI is InChI=1S/C17H22N2O2S/c1-11-12(2)22-9-8-19(11)17(21)14-4-3-5-15(10-14)18-16(20)13-6-7-13/h3-5,10-13H,6-9H2,1-2H3,(H,18,20). The first kappa shape index (κ1) is 15.4. The Morgan fingerprint density at radius 2 is 2.05 bits per heavy atom. The SMILES string of the molecule is CC1SCCN(C(=O)c2cccc(NC(=O)C3CC3)c2)C1C. The van der Waals surface area contributed by atoms with Crippen molar-refractivity contribution in [3.05, 3.63) is 29.8 Å². The quantitative estimate of drug-likeness (QED) is 0.932. The highest BCUT2D eigenvalue weighted by Gasteiger charge is 2.31. The minimum absolute atomic E-state index is 0.0576. The van der Waals surface area contributed by atoms with Gasteiger partial charge in [0.15, 0.2) is 0 Å². The molecule has 2 atom stereocenters. The number of thioether (sulfide) groups is 1. The van der Waals surface area contributed by atoms with Crippen molar-refractivity contribution < 1.29 is 9.59 Å². The number of amides is 2. The van der Waals surface area contributed by atoms with Crippen molar-refractivity contribution in [2.75, 3.05) is 17.6 Å². The molecule has 1 saturated carbocycles. The summed E-state index contributed by atoms with van der Waals surface area (Å²) in [5.41, 5.74) is 1.37. The van der Waals surface area contributed by atoms with Crippen LogP contribution in [0.1, 0.15) is 37.0 Å². The van der Waals surface area contributed by atoms with E-state index in [-0.39, 0.29) is 23.8 Å². The van der Waals surface area contributed by atoms with Gasteiger partial charge in [-0.15, -0.1) is 0 Å². The van der Waals surface area contributed by atoms with Gasteiger partial charge in [-0.2, -0.15) is 11.8 Å². The number of anilines is 1. The Labute approximate surface area is 135 Å². The molecule has 1 saturated heterocycles. The van der Waals surface area contributed by atoms with Gasteiger partial charge in [-0.05, 0) is 38.0 Å². The molecule has 0 radical (unpaired) electrons. The molecule has 118 valence electrons. The first-order valence-corrected chi connectivity index (χ1v) is 8.94. The smallest absolute Gasteiger partial charge is 0.254 e. The van der Waals surface area contributed by atoms with Crippen LogP contribution in [0.3, 0.4) is 0 Å². The highest BCUT2D eigenvalue weighted by molar-refractivity contribution is 8.00. The maximum Gasteiger partial charge on any atom is 0.254 e. The molecule has 0 spiro atoms. The van der Waals surface area contributed by atoms with Crippen molar-refractivity contribution >= 4 is 29.3 Å². The Balaban J connectivity index is 1.73. The lowest BCUT2D eigenvalue weighted by molar-refractivity contribution is -0.117. The zero-order valence-electron chi connectivity index (χ0n) is 13.0. The van der Waals surface area contributed by atoms with Gasteiger partial charge < -0.3 is 10.2 Å². The minimum Gasteiger partial charge on any atom is -0.334 e. The molecule has 1 aromatic rings. The molecule has 5 heteroatoms. The Morgan fingerprint density at radius 3 is 2.77 bits per heavy atom. The predicted octanol–water partition coefficient (Wildman–Crippen LogP) is 3.00. The van der Waals surface area contributed by atoms with E-state index in [0.29, 0.717) is 10.8 Å². The van der Waals surface area contributed by atoms with Crippen LogP contribution in [0.25, 0.3) is 0 Å². The van der Waals surface area contributed by atoms with Crippen molar-refractivity contribution in [1.82, 2.24) is 4.90 Å². The highest BCUT2D eigenvalue weighted by atomic mass is 32.2. The third-order valence-electron chi connectivity index (χ3n) is 4.47. The van der Waals surface area contributed by atoms with Crippen LogP contribution in [0.2, 0.25) is 0 Å². The zero-order valence-corrected chi connectivity index (χ0v) is 13.9. The van der Waals surface area contributed by atoms with Crippen LogP contribution in [0.15, 0.2) is 24.3 Å². The van der Waals surface area contributed by atoms with Gasteiger partial charge in [0.2, 0.25) is 5.91 Å². The summed E-state index contributed by atoms with van der Waals surface area (Å²) < 4.78 is 0. The molecule has 3 rings (SSSR count). The molecular formula is C17H22N2O2S. The molecule has 2 fully saturated rings. The normalized spacial score (nSPS) is 24.9. The summed E-state index contributed by atoms with van der Waals surface area (Å²) in [5, 5.41) is 3.36. The van der Waals surface area contributed by atoms with Crippen LogP contribution < -0.4 is 5.32 Å². The number of carbonyl (C=O) groups excluding carboxylic acids is 2. The zero-order chi connectivity index (χ0) is 15.7. The van der Waals surface area contributed by atoms with E-state index in [1.165, 1.54) is 0 Å². The number of carbonyl (C=O) groups is 2. The molecule has 1 aliphatic carbocycles. The number of nitrogens with one attached hydrogen (secondary N) is 1. The summed E-state index contributed by atoms with van der Waals surface area (Å²) in [5.74, 6) is 1.28. The molecule has 2 aliphatic rings. The van der Waals surface area contributed by atoms with E-state index >= 15 is 0 Å². The lowest BCUT2D eigenvalue weighted by atomic mass is 10.1. The minimum atomic E-state index is 0.0576. The van der Waals surface area contributed by atoms with Crippen LogP contribution in [-0.4, -0.2) is 40.3 Å². The number of rotatable bonds is 3. The maximum absolute atomic E-state index is 12.7. The summed E-state index contributed by atoms with van der Waals surface area (Å²) in [4.78, 5) is 26.5. The van der Waals surface area contributed by atoms with Crippen molar-refractivity contribution in [2.45, 2.75) is 38.0 Å². The summed E-state index contributed by atoms with van der Waals surface area (Å²) in [6.07, 6.45) is 1.95. The molecule has 1 aromatic carbocycles. The third kappa shape index (κ3) is 3.29. The molecule has 2 amide bonds. The van der Waals surface area contributed by atoms with Crippen LogP contribution in [0.5, 0.6) is 0 Å². The van der Waals surface area contributed by atoms with Crippen LogP contribution in [0, 0.1) is 5.92 Å². The van der Waals surface area contributed by atoms with Crippen molar-refractivity contribution in [1.29, 1.82) is 0 Å².